The summed E-state index contributed by atoms with van der Waals surface area (Å²) < 4.78 is 13.5. The van der Waals surface area contributed by atoms with Crippen LogP contribution >= 0.6 is 0 Å². The van der Waals surface area contributed by atoms with Crippen molar-refractivity contribution in [2.24, 2.45) is 5.92 Å². The number of hydrogen-bond donors (Lipinski definition) is 1. The van der Waals surface area contributed by atoms with Crippen LogP contribution in [0.1, 0.15) is 34.7 Å². The molecule has 3 aliphatic rings. The topological polar surface area (TPSA) is 60.9 Å². The average Bonchev–Trinajstić information content (AvgIpc) is 3.52. The van der Waals surface area contributed by atoms with E-state index in [1.165, 1.54) is 18.2 Å². The van der Waals surface area contributed by atoms with Crippen LogP contribution in [0.25, 0.3) is 0 Å². The number of rotatable bonds is 4. The van der Waals surface area contributed by atoms with E-state index in [9.17, 15) is 19.1 Å². The van der Waals surface area contributed by atoms with Crippen LogP contribution in [0.15, 0.2) is 54.6 Å². The van der Waals surface area contributed by atoms with E-state index in [0.29, 0.717) is 18.7 Å². The van der Waals surface area contributed by atoms with Crippen LogP contribution in [0, 0.1) is 11.7 Å². The first-order chi connectivity index (χ1) is 14.0. The molecule has 2 heterocycles. The third kappa shape index (κ3) is 2.77. The van der Waals surface area contributed by atoms with Crippen molar-refractivity contribution in [3.05, 3.63) is 71.5 Å². The summed E-state index contributed by atoms with van der Waals surface area (Å²) in [4.78, 5) is 29.3. The first-order valence-corrected chi connectivity index (χ1v) is 10.1. The van der Waals surface area contributed by atoms with Crippen LogP contribution in [-0.4, -0.2) is 58.0 Å². The van der Waals surface area contributed by atoms with Gasteiger partial charge in [0.15, 0.2) is 0 Å². The molecule has 29 heavy (non-hydrogen) atoms. The number of halogens is 1. The number of aliphatic hydroxyl groups excluding tert-OH is 1. The van der Waals surface area contributed by atoms with Gasteiger partial charge in [-0.1, -0.05) is 36.4 Å². The number of benzene rings is 2. The monoisotopic (exact) mass is 394 g/mol. The standard InChI is InChI=1S/C23H23FN2O3/c24-18-8-4-7-17(11-18)21(28)25-13-23(14-25)20(15-5-2-1-3-6-15)19(12-27)26(23)22(29)16-9-10-16/h1-8,11,16,19-20,27H,9-10,12-14H2/t19-,20+/m1/s1. The smallest absolute Gasteiger partial charge is 0.254 e. The molecule has 2 aliphatic heterocycles. The summed E-state index contributed by atoms with van der Waals surface area (Å²) >= 11 is 0. The minimum absolute atomic E-state index is 0.0204. The Morgan fingerprint density at radius 1 is 1.07 bits per heavy atom. The van der Waals surface area contributed by atoms with Crippen molar-refractivity contribution >= 4 is 11.8 Å². The third-order valence-electron chi connectivity index (χ3n) is 6.57. The lowest BCUT2D eigenvalue weighted by atomic mass is 9.60. The zero-order valence-electron chi connectivity index (χ0n) is 16.0. The van der Waals surface area contributed by atoms with E-state index in [2.05, 4.69) is 0 Å². The van der Waals surface area contributed by atoms with E-state index in [-0.39, 0.29) is 36.3 Å². The molecule has 1 aliphatic carbocycles. The molecule has 6 heteroatoms. The number of carbonyl (C=O) groups excluding carboxylic acids is 2. The van der Waals surface area contributed by atoms with Crippen molar-refractivity contribution in [2.75, 3.05) is 19.7 Å². The normalized spacial score (nSPS) is 24.8. The Bertz CT molecular complexity index is 954. The molecule has 5 nitrogen and oxygen atoms in total. The third-order valence-corrected chi connectivity index (χ3v) is 6.57. The van der Waals surface area contributed by atoms with Gasteiger partial charge in [-0.05, 0) is 36.6 Å². The lowest BCUT2D eigenvalue weighted by Gasteiger charge is -2.70. The van der Waals surface area contributed by atoms with E-state index in [4.69, 9.17) is 0 Å². The maximum Gasteiger partial charge on any atom is 0.254 e. The molecule has 2 aromatic carbocycles. The van der Waals surface area contributed by atoms with Crippen molar-refractivity contribution in [3.63, 3.8) is 0 Å². The van der Waals surface area contributed by atoms with E-state index in [0.717, 1.165) is 18.4 Å². The van der Waals surface area contributed by atoms with E-state index in [1.807, 2.05) is 35.2 Å². The lowest BCUT2D eigenvalue weighted by Crippen LogP contribution is -2.86. The molecule has 2 atom stereocenters. The van der Waals surface area contributed by atoms with Crippen molar-refractivity contribution in [1.29, 1.82) is 0 Å². The number of aliphatic hydroxyl groups is 1. The van der Waals surface area contributed by atoms with Gasteiger partial charge in [-0.3, -0.25) is 9.59 Å². The predicted octanol–water partition coefficient (Wildman–Crippen LogP) is 2.42. The van der Waals surface area contributed by atoms with Gasteiger partial charge in [0.25, 0.3) is 5.91 Å². The van der Waals surface area contributed by atoms with E-state index >= 15 is 0 Å². The van der Waals surface area contributed by atoms with Gasteiger partial charge < -0.3 is 14.9 Å². The Morgan fingerprint density at radius 2 is 1.79 bits per heavy atom. The minimum Gasteiger partial charge on any atom is -0.394 e. The molecule has 1 spiro atoms. The largest absolute Gasteiger partial charge is 0.394 e. The van der Waals surface area contributed by atoms with Gasteiger partial charge in [0.2, 0.25) is 5.91 Å². The summed E-state index contributed by atoms with van der Waals surface area (Å²) in [7, 11) is 0. The summed E-state index contributed by atoms with van der Waals surface area (Å²) in [6.07, 6.45) is 1.79. The summed E-state index contributed by atoms with van der Waals surface area (Å²) in [5, 5.41) is 10.1. The van der Waals surface area contributed by atoms with E-state index in [1.54, 1.807) is 11.0 Å². The fourth-order valence-electron chi connectivity index (χ4n) is 5.11. The molecule has 2 saturated heterocycles. The van der Waals surface area contributed by atoms with Gasteiger partial charge in [-0.15, -0.1) is 0 Å². The summed E-state index contributed by atoms with van der Waals surface area (Å²) in [5.74, 6) is -0.552. The van der Waals surface area contributed by atoms with Crippen LogP contribution < -0.4 is 0 Å². The van der Waals surface area contributed by atoms with Crippen LogP contribution in [0.3, 0.4) is 0 Å². The molecule has 0 radical (unpaired) electrons. The van der Waals surface area contributed by atoms with Crippen LogP contribution in [0.2, 0.25) is 0 Å². The molecule has 5 rings (SSSR count). The number of likely N-dealkylation sites (tertiary alicyclic amines) is 2. The van der Waals surface area contributed by atoms with Crippen molar-refractivity contribution < 1.29 is 19.1 Å². The maximum absolute atomic E-state index is 13.5. The van der Waals surface area contributed by atoms with Crippen LogP contribution in [-0.2, 0) is 4.79 Å². The highest BCUT2D eigenvalue weighted by atomic mass is 19.1. The molecular weight excluding hydrogens is 371 g/mol. The number of amides is 2. The number of nitrogens with zero attached hydrogens (tertiary/aromatic N) is 2. The Morgan fingerprint density at radius 3 is 2.41 bits per heavy atom. The lowest BCUT2D eigenvalue weighted by molar-refractivity contribution is -0.194. The van der Waals surface area contributed by atoms with Gasteiger partial charge in [-0.25, -0.2) is 4.39 Å². The summed E-state index contributed by atoms with van der Waals surface area (Å²) in [6.45, 7) is 0.700. The molecule has 0 unspecified atom stereocenters. The molecule has 0 aromatic heterocycles. The molecule has 2 amide bonds. The fourth-order valence-corrected chi connectivity index (χ4v) is 5.11. The second-order valence-electron chi connectivity index (χ2n) is 8.40. The number of carbonyl (C=O) groups is 2. The second kappa shape index (κ2) is 6.66. The molecule has 1 N–H and O–H groups in total. The zero-order chi connectivity index (χ0) is 20.2. The van der Waals surface area contributed by atoms with Gasteiger partial charge >= 0.3 is 0 Å². The van der Waals surface area contributed by atoms with Gasteiger partial charge in [0.05, 0.1) is 18.2 Å². The Hall–Kier alpha value is -2.73. The van der Waals surface area contributed by atoms with E-state index < -0.39 is 11.4 Å². The molecule has 2 aromatic rings. The molecule has 150 valence electrons. The predicted molar refractivity (Wildman–Crippen MR) is 105 cm³/mol. The highest BCUT2D eigenvalue weighted by Crippen LogP contribution is 2.55. The average molecular weight is 394 g/mol. The highest BCUT2D eigenvalue weighted by Gasteiger charge is 2.68. The zero-order valence-corrected chi connectivity index (χ0v) is 16.0. The quantitative estimate of drug-likeness (QED) is 0.867. The molecule has 1 saturated carbocycles. The van der Waals surface area contributed by atoms with Crippen molar-refractivity contribution in [2.45, 2.75) is 30.3 Å². The maximum atomic E-state index is 13.5. The first-order valence-electron chi connectivity index (χ1n) is 10.1. The molecule has 3 fully saturated rings. The molecular formula is C23H23FN2O3. The second-order valence-corrected chi connectivity index (χ2v) is 8.40. The van der Waals surface area contributed by atoms with Crippen molar-refractivity contribution in [3.8, 4) is 0 Å². The van der Waals surface area contributed by atoms with Gasteiger partial charge in [-0.2, -0.15) is 0 Å². The molecule has 0 bridgehead atoms. The van der Waals surface area contributed by atoms with Crippen molar-refractivity contribution in [1.82, 2.24) is 9.80 Å². The van der Waals surface area contributed by atoms with Crippen LogP contribution in [0.4, 0.5) is 4.39 Å². The minimum atomic E-state index is -0.489. The number of hydrogen-bond acceptors (Lipinski definition) is 3. The highest BCUT2D eigenvalue weighted by molar-refractivity contribution is 5.95. The van der Waals surface area contributed by atoms with Crippen LogP contribution in [0.5, 0.6) is 0 Å². The van der Waals surface area contributed by atoms with Gasteiger partial charge in [0.1, 0.15) is 5.82 Å². The first kappa shape index (κ1) is 18.3. The summed E-state index contributed by atoms with van der Waals surface area (Å²) in [5.41, 5.74) is 0.899. The Balaban J connectivity index is 1.44. The SMILES string of the molecule is O=C(c1cccc(F)c1)N1CC2(C1)[C@@H](c1ccccc1)[C@@H](CO)N2C(=O)C1CC1. The Kier molecular flexibility index (Phi) is 4.21. The van der Waals surface area contributed by atoms with Gasteiger partial charge in [0, 0.05) is 30.5 Å². The Labute approximate surface area is 168 Å². The summed E-state index contributed by atoms with van der Waals surface area (Å²) in [6, 6.07) is 15.3. The fraction of sp³-hybridized carbons (Fsp3) is 0.391.